The Kier molecular flexibility index (Phi) is 4.68. The van der Waals surface area contributed by atoms with Crippen LogP contribution in [0.2, 0.25) is 0 Å². The normalized spacial score (nSPS) is 13.4. The van der Waals surface area contributed by atoms with Crippen LogP contribution in [-0.2, 0) is 11.0 Å². The van der Waals surface area contributed by atoms with E-state index in [1.165, 1.54) is 0 Å². The molecule has 1 aromatic rings. The number of alkyl halides is 3. The van der Waals surface area contributed by atoms with Crippen molar-refractivity contribution >= 4 is 11.9 Å². The van der Waals surface area contributed by atoms with Crippen molar-refractivity contribution < 1.29 is 23.1 Å². The molecule has 0 saturated heterocycles. The fourth-order valence-electron chi connectivity index (χ4n) is 1.43. The van der Waals surface area contributed by atoms with Gasteiger partial charge in [-0.05, 0) is 18.4 Å². The number of hydrogen-bond acceptors (Lipinski definition) is 4. The number of nitrogens with zero attached hydrogens (tertiary/aromatic N) is 2. The van der Waals surface area contributed by atoms with Gasteiger partial charge in [-0.25, -0.2) is 14.8 Å². The molecule has 106 valence electrons. The average Bonchev–Trinajstić information content (AvgIpc) is 2.26. The summed E-state index contributed by atoms with van der Waals surface area (Å²) in [7, 11) is 0. The van der Waals surface area contributed by atoms with Crippen LogP contribution < -0.4 is 5.32 Å². The minimum Gasteiger partial charge on any atom is -0.480 e. The molecule has 8 heteroatoms. The van der Waals surface area contributed by atoms with Crippen LogP contribution in [0.4, 0.5) is 19.1 Å². The Labute approximate surface area is 107 Å². The van der Waals surface area contributed by atoms with Crippen LogP contribution >= 0.6 is 0 Å². The van der Waals surface area contributed by atoms with Crippen molar-refractivity contribution in [3.8, 4) is 0 Å². The number of carboxylic acid groups (broad SMARTS) is 1. The van der Waals surface area contributed by atoms with E-state index in [0.29, 0.717) is 0 Å². The Hall–Kier alpha value is -1.86. The lowest BCUT2D eigenvalue weighted by atomic mass is 10.0. The maximum absolute atomic E-state index is 12.4. The second kappa shape index (κ2) is 5.85. The standard InChI is InChI=1S/C11H14F3N3O2/c1-6(2)5-7(9(18)19)16-10-15-4-3-8(17-10)11(12,13)14/h3-4,6-7H,5H2,1-2H3,(H,18,19)(H,15,16,17)/t7-/m0/s1. The van der Waals surface area contributed by atoms with Gasteiger partial charge in [0.15, 0.2) is 0 Å². The predicted molar refractivity (Wildman–Crippen MR) is 61.5 cm³/mol. The van der Waals surface area contributed by atoms with Gasteiger partial charge in [0.05, 0.1) is 0 Å². The molecular formula is C11H14F3N3O2. The van der Waals surface area contributed by atoms with E-state index < -0.39 is 23.9 Å². The van der Waals surface area contributed by atoms with Crippen molar-refractivity contribution in [3.05, 3.63) is 18.0 Å². The summed E-state index contributed by atoms with van der Waals surface area (Å²) in [6.07, 6.45) is -3.39. The summed E-state index contributed by atoms with van der Waals surface area (Å²) >= 11 is 0. The summed E-state index contributed by atoms with van der Waals surface area (Å²) in [4.78, 5) is 17.8. The molecule has 0 aliphatic heterocycles. The highest BCUT2D eigenvalue weighted by Gasteiger charge is 2.33. The fourth-order valence-corrected chi connectivity index (χ4v) is 1.43. The minimum absolute atomic E-state index is 0.0689. The highest BCUT2D eigenvalue weighted by molar-refractivity contribution is 5.76. The molecule has 2 N–H and O–H groups in total. The SMILES string of the molecule is CC(C)C[C@H](Nc1nccc(C(F)(F)F)n1)C(=O)O. The minimum atomic E-state index is -4.59. The van der Waals surface area contributed by atoms with Gasteiger partial charge in [-0.15, -0.1) is 0 Å². The van der Waals surface area contributed by atoms with Crippen LogP contribution in [0.1, 0.15) is 26.0 Å². The van der Waals surface area contributed by atoms with E-state index in [1.54, 1.807) is 0 Å². The summed E-state index contributed by atoms with van der Waals surface area (Å²) in [6.45, 7) is 3.62. The summed E-state index contributed by atoms with van der Waals surface area (Å²) in [5.74, 6) is -1.43. The van der Waals surface area contributed by atoms with Crippen LogP contribution in [0.25, 0.3) is 0 Å². The molecule has 0 aliphatic rings. The molecule has 0 bridgehead atoms. The molecule has 0 aliphatic carbocycles. The molecule has 0 unspecified atom stereocenters. The molecule has 1 aromatic heterocycles. The van der Waals surface area contributed by atoms with Gasteiger partial charge >= 0.3 is 12.1 Å². The van der Waals surface area contributed by atoms with Crippen molar-refractivity contribution in [2.45, 2.75) is 32.5 Å². The van der Waals surface area contributed by atoms with Gasteiger partial charge < -0.3 is 10.4 Å². The van der Waals surface area contributed by atoms with E-state index in [0.717, 1.165) is 12.3 Å². The van der Waals surface area contributed by atoms with Crippen molar-refractivity contribution in [1.29, 1.82) is 0 Å². The summed E-state index contributed by atoms with van der Waals surface area (Å²) < 4.78 is 37.3. The molecule has 1 rings (SSSR count). The maximum Gasteiger partial charge on any atom is 0.433 e. The third-order valence-corrected chi connectivity index (χ3v) is 2.25. The van der Waals surface area contributed by atoms with Gasteiger partial charge in [-0.1, -0.05) is 13.8 Å². The Morgan fingerprint density at radius 1 is 1.47 bits per heavy atom. The number of carbonyl (C=O) groups is 1. The summed E-state index contributed by atoms with van der Waals surface area (Å²) in [5, 5.41) is 11.4. The number of hydrogen-bond donors (Lipinski definition) is 2. The van der Waals surface area contributed by atoms with Crippen LogP contribution in [0, 0.1) is 5.92 Å². The van der Waals surface area contributed by atoms with E-state index in [1.807, 2.05) is 13.8 Å². The lowest BCUT2D eigenvalue weighted by Crippen LogP contribution is -2.31. The molecule has 1 atom stereocenters. The van der Waals surface area contributed by atoms with Gasteiger partial charge in [0, 0.05) is 6.20 Å². The number of anilines is 1. The fraction of sp³-hybridized carbons (Fsp3) is 0.545. The third-order valence-electron chi connectivity index (χ3n) is 2.25. The zero-order valence-electron chi connectivity index (χ0n) is 10.4. The number of rotatable bonds is 5. The van der Waals surface area contributed by atoms with Crippen molar-refractivity contribution in [2.75, 3.05) is 5.32 Å². The molecule has 0 radical (unpaired) electrons. The maximum atomic E-state index is 12.4. The van der Waals surface area contributed by atoms with Crippen LogP contribution in [0.15, 0.2) is 12.3 Å². The molecule has 5 nitrogen and oxygen atoms in total. The molecule has 0 spiro atoms. The van der Waals surface area contributed by atoms with Crippen LogP contribution in [0.5, 0.6) is 0 Å². The largest absolute Gasteiger partial charge is 0.480 e. The number of carboxylic acids is 1. The summed E-state index contributed by atoms with van der Waals surface area (Å²) in [5.41, 5.74) is -1.11. The zero-order valence-corrected chi connectivity index (χ0v) is 10.4. The van der Waals surface area contributed by atoms with Gasteiger partial charge in [-0.3, -0.25) is 0 Å². The highest BCUT2D eigenvalue weighted by atomic mass is 19.4. The molecule has 0 fully saturated rings. The Bertz CT molecular complexity index is 449. The Morgan fingerprint density at radius 2 is 2.11 bits per heavy atom. The van der Waals surface area contributed by atoms with E-state index in [-0.39, 0.29) is 18.3 Å². The van der Waals surface area contributed by atoms with Gasteiger partial charge in [0.2, 0.25) is 5.95 Å². The number of halogens is 3. The second-order valence-corrected chi connectivity index (χ2v) is 4.43. The van der Waals surface area contributed by atoms with Crippen molar-refractivity contribution in [2.24, 2.45) is 5.92 Å². The van der Waals surface area contributed by atoms with Crippen molar-refractivity contribution in [3.63, 3.8) is 0 Å². The molecule has 1 heterocycles. The van der Waals surface area contributed by atoms with Crippen LogP contribution in [0.3, 0.4) is 0 Å². The van der Waals surface area contributed by atoms with Gasteiger partial charge in [0.1, 0.15) is 11.7 Å². The van der Waals surface area contributed by atoms with E-state index >= 15 is 0 Å². The topological polar surface area (TPSA) is 75.1 Å². The van der Waals surface area contributed by atoms with E-state index in [9.17, 15) is 18.0 Å². The summed E-state index contributed by atoms with van der Waals surface area (Å²) in [6, 6.07) is -0.299. The first-order chi connectivity index (χ1) is 8.70. The first kappa shape index (κ1) is 15.2. The first-order valence-electron chi connectivity index (χ1n) is 5.59. The van der Waals surface area contributed by atoms with Crippen molar-refractivity contribution in [1.82, 2.24) is 9.97 Å². The molecule has 0 aromatic carbocycles. The van der Waals surface area contributed by atoms with Crippen LogP contribution in [-0.4, -0.2) is 27.1 Å². The van der Waals surface area contributed by atoms with Gasteiger partial charge in [-0.2, -0.15) is 13.2 Å². The quantitative estimate of drug-likeness (QED) is 0.864. The lowest BCUT2D eigenvalue weighted by Gasteiger charge is -2.16. The lowest BCUT2D eigenvalue weighted by molar-refractivity contribution is -0.141. The third kappa shape index (κ3) is 4.72. The number of nitrogens with one attached hydrogen (secondary N) is 1. The molecule has 0 saturated carbocycles. The monoisotopic (exact) mass is 277 g/mol. The van der Waals surface area contributed by atoms with Gasteiger partial charge in [0.25, 0.3) is 0 Å². The first-order valence-corrected chi connectivity index (χ1v) is 5.59. The average molecular weight is 277 g/mol. The molecule has 19 heavy (non-hydrogen) atoms. The van der Waals surface area contributed by atoms with E-state index in [2.05, 4.69) is 15.3 Å². The zero-order chi connectivity index (χ0) is 14.6. The second-order valence-electron chi connectivity index (χ2n) is 4.43. The number of aliphatic carboxylic acids is 1. The predicted octanol–water partition coefficient (Wildman–Crippen LogP) is 2.41. The highest BCUT2D eigenvalue weighted by Crippen LogP contribution is 2.27. The molecule has 0 amide bonds. The smallest absolute Gasteiger partial charge is 0.433 e. The molecular weight excluding hydrogens is 263 g/mol. The Balaban J connectivity index is 2.88. The number of aromatic nitrogens is 2. The van der Waals surface area contributed by atoms with E-state index in [4.69, 9.17) is 5.11 Å². The Morgan fingerprint density at radius 3 is 2.58 bits per heavy atom.